The third-order valence-corrected chi connectivity index (χ3v) is 8.03. The molecule has 190 valence electrons. The average molecular weight is 508 g/mol. The van der Waals surface area contributed by atoms with Gasteiger partial charge in [0.05, 0.1) is 28.9 Å². The number of fused-ring (bicyclic) bond motifs is 1. The van der Waals surface area contributed by atoms with Crippen LogP contribution in [0.15, 0.2) is 30.5 Å². The van der Waals surface area contributed by atoms with Crippen molar-refractivity contribution in [1.29, 1.82) is 0 Å². The van der Waals surface area contributed by atoms with Crippen LogP contribution in [0, 0.1) is 12.8 Å². The lowest BCUT2D eigenvalue weighted by atomic mass is 9.94. The summed E-state index contributed by atoms with van der Waals surface area (Å²) >= 11 is 1.37. The van der Waals surface area contributed by atoms with E-state index in [2.05, 4.69) is 19.6 Å². The predicted molar refractivity (Wildman–Crippen MR) is 142 cm³/mol. The number of nitrogens with zero attached hydrogens (tertiary/aromatic N) is 4. The highest BCUT2D eigenvalue weighted by atomic mass is 32.1. The second-order valence-corrected chi connectivity index (χ2v) is 10.2. The highest BCUT2D eigenvalue weighted by Gasteiger charge is 2.31. The topological polar surface area (TPSA) is 87.7 Å². The SMILES string of the molecule is CCOc1ccccc1CNC(=O)C1CCN(c2c(C(=O)N3CCCC3)cnc3snc(C)c23)CC1. The van der Waals surface area contributed by atoms with Crippen LogP contribution in [0.2, 0.25) is 0 Å². The van der Waals surface area contributed by atoms with E-state index < -0.39 is 0 Å². The lowest BCUT2D eigenvalue weighted by molar-refractivity contribution is -0.125. The maximum Gasteiger partial charge on any atom is 0.257 e. The van der Waals surface area contributed by atoms with Crippen molar-refractivity contribution >= 4 is 39.3 Å². The molecule has 0 unspecified atom stereocenters. The van der Waals surface area contributed by atoms with Crippen molar-refractivity contribution in [3.63, 3.8) is 0 Å². The van der Waals surface area contributed by atoms with Crippen molar-refractivity contribution in [2.24, 2.45) is 5.92 Å². The van der Waals surface area contributed by atoms with Crippen molar-refractivity contribution in [2.75, 3.05) is 37.7 Å². The van der Waals surface area contributed by atoms with Crippen LogP contribution in [0.4, 0.5) is 5.69 Å². The third-order valence-electron chi connectivity index (χ3n) is 7.18. The third kappa shape index (κ3) is 4.89. The van der Waals surface area contributed by atoms with Gasteiger partial charge in [-0.2, -0.15) is 4.37 Å². The first-order valence-electron chi connectivity index (χ1n) is 12.8. The monoisotopic (exact) mass is 507 g/mol. The zero-order valence-corrected chi connectivity index (χ0v) is 21.8. The standard InChI is InChI=1S/C27H33N5O3S/c1-3-35-22-9-5-4-8-20(22)16-28-25(33)19-10-14-31(15-11-19)24-21(27(34)32-12-6-7-13-32)17-29-26-23(24)18(2)30-36-26/h4-5,8-9,17,19H,3,6-7,10-16H2,1-2H3,(H,28,33). The van der Waals surface area contributed by atoms with Gasteiger partial charge in [-0.05, 0) is 57.1 Å². The highest BCUT2D eigenvalue weighted by molar-refractivity contribution is 7.13. The lowest BCUT2D eigenvalue weighted by Crippen LogP contribution is -2.41. The molecule has 2 saturated heterocycles. The number of likely N-dealkylation sites (tertiary alicyclic amines) is 1. The van der Waals surface area contributed by atoms with E-state index in [0.717, 1.165) is 71.7 Å². The minimum atomic E-state index is -0.0581. The number of hydrogen-bond donors (Lipinski definition) is 1. The van der Waals surface area contributed by atoms with Crippen molar-refractivity contribution in [1.82, 2.24) is 19.6 Å². The van der Waals surface area contributed by atoms with Crippen LogP contribution in [0.3, 0.4) is 0 Å². The van der Waals surface area contributed by atoms with Gasteiger partial charge in [0.25, 0.3) is 5.91 Å². The Labute approximate surface area is 215 Å². The van der Waals surface area contributed by atoms with Crippen molar-refractivity contribution < 1.29 is 14.3 Å². The van der Waals surface area contributed by atoms with E-state index in [-0.39, 0.29) is 17.7 Å². The molecule has 2 aromatic heterocycles. The number of pyridine rings is 1. The fourth-order valence-corrected chi connectivity index (χ4v) is 6.00. The molecular formula is C27H33N5O3S. The second-order valence-electron chi connectivity index (χ2n) is 9.49. The van der Waals surface area contributed by atoms with Crippen molar-refractivity contribution in [2.45, 2.75) is 46.1 Å². The number of benzene rings is 1. The zero-order chi connectivity index (χ0) is 25.1. The Balaban J connectivity index is 1.30. The lowest BCUT2D eigenvalue weighted by Gasteiger charge is -2.35. The molecule has 4 heterocycles. The van der Waals surface area contributed by atoms with Gasteiger partial charge in [-0.3, -0.25) is 9.59 Å². The normalized spacial score (nSPS) is 16.5. The van der Waals surface area contributed by atoms with Gasteiger partial charge in [-0.1, -0.05) is 18.2 Å². The summed E-state index contributed by atoms with van der Waals surface area (Å²) in [5.74, 6) is 0.877. The van der Waals surface area contributed by atoms with Crippen LogP contribution in [-0.2, 0) is 11.3 Å². The minimum Gasteiger partial charge on any atom is -0.494 e. The van der Waals surface area contributed by atoms with Crippen LogP contribution < -0.4 is 15.0 Å². The summed E-state index contributed by atoms with van der Waals surface area (Å²) < 4.78 is 10.2. The van der Waals surface area contributed by atoms with Gasteiger partial charge in [-0.15, -0.1) is 0 Å². The first-order chi connectivity index (χ1) is 17.6. The minimum absolute atomic E-state index is 0.0512. The number of carbonyl (C=O) groups excluding carboxylic acids is 2. The molecule has 0 spiro atoms. The maximum atomic E-state index is 13.4. The summed E-state index contributed by atoms with van der Waals surface area (Å²) in [6.45, 7) is 8.00. The predicted octanol–water partition coefficient (Wildman–Crippen LogP) is 4.17. The molecule has 1 aromatic carbocycles. The maximum absolute atomic E-state index is 13.4. The Kier molecular flexibility index (Phi) is 7.36. The molecule has 2 amide bonds. The van der Waals surface area contributed by atoms with Gasteiger partial charge in [0.15, 0.2) is 0 Å². The van der Waals surface area contributed by atoms with Gasteiger partial charge in [-0.25, -0.2) is 4.98 Å². The van der Waals surface area contributed by atoms with Gasteiger partial charge in [0.2, 0.25) is 5.91 Å². The Hall–Kier alpha value is -3.20. The summed E-state index contributed by atoms with van der Waals surface area (Å²) in [5.41, 5.74) is 3.48. The quantitative estimate of drug-likeness (QED) is 0.517. The van der Waals surface area contributed by atoms with E-state index >= 15 is 0 Å². The number of aryl methyl sites for hydroxylation is 1. The summed E-state index contributed by atoms with van der Waals surface area (Å²) in [5, 5.41) is 4.08. The molecular weight excluding hydrogens is 474 g/mol. The first kappa shape index (κ1) is 24.5. The molecule has 8 nitrogen and oxygen atoms in total. The highest BCUT2D eigenvalue weighted by Crippen LogP contribution is 2.37. The molecule has 0 bridgehead atoms. The summed E-state index contributed by atoms with van der Waals surface area (Å²) in [7, 11) is 0. The van der Waals surface area contributed by atoms with Crippen LogP contribution in [-0.4, -0.2) is 58.9 Å². The van der Waals surface area contributed by atoms with Gasteiger partial charge in [0, 0.05) is 50.4 Å². The van der Waals surface area contributed by atoms with Gasteiger partial charge >= 0.3 is 0 Å². The van der Waals surface area contributed by atoms with Crippen LogP contribution in [0.1, 0.15) is 54.2 Å². The van der Waals surface area contributed by atoms with Crippen LogP contribution >= 0.6 is 11.5 Å². The molecule has 0 saturated carbocycles. The Morgan fingerprint density at radius 1 is 1.14 bits per heavy atom. The van der Waals surface area contributed by atoms with E-state index in [4.69, 9.17) is 4.74 Å². The smallest absolute Gasteiger partial charge is 0.257 e. The van der Waals surface area contributed by atoms with Gasteiger partial charge < -0.3 is 19.9 Å². The van der Waals surface area contributed by atoms with E-state index in [1.807, 2.05) is 43.0 Å². The zero-order valence-electron chi connectivity index (χ0n) is 21.0. The molecule has 36 heavy (non-hydrogen) atoms. The molecule has 9 heteroatoms. The number of aromatic nitrogens is 2. The number of carbonyl (C=O) groups is 2. The van der Waals surface area contributed by atoms with Crippen LogP contribution in [0.25, 0.3) is 10.2 Å². The molecule has 5 rings (SSSR count). The molecule has 0 radical (unpaired) electrons. The number of para-hydroxylation sites is 1. The number of ether oxygens (including phenoxy) is 1. The van der Waals surface area contributed by atoms with Crippen molar-refractivity contribution in [3.05, 3.63) is 47.3 Å². The van der Waals surface area contributed by atoms with E-state index in [0.29, 0.717) is 31.8 Å². The summed E-state index contributed by atoms with van der Waals surface area (Å²) in [6.07, 6.45) is 5.29. The van der Waals surface area contributed by atoms with E-state index in [9.17, 15) is 9.59 Å². The number of anilines is 1. The van der Waals surface area contributed by atoms with Crippen molar-refractivity contribution in [3.8, 4) is 5.75 Å². The molecule has 2 fully saturated rings. The Bertz CT molecular complexity index is 1250. The Morgan fingerprint density at radius 3 is 2.64 bits per heavy atom. The van der Waals surface area contributed by atoms with Gasteiger partial charge in [0.1, 0.15) is 10.6 Å². The molecule has 2 aliphatic heterocycles. The second kappa shape index (κ2) is 10.8. The molecule has 2 aliphatic rings. The number of amides is 2. The number of piperidine rings is 1. The summed E-state index contributed by atoms with van der Waals surface area (Å²) in [4.78, 5) is 36.1. The first-order valence-corrected chi connectivity index (χ1v) is 13.6. The molecule has 3 aromatic rings. The largest absolute Gasteiger partial charge is 0.494 e. The number of rotatable bonds is 7. The molecule has 1 N–H and O–H groups in total. The fraction of sp³-hybridized carbons (Fsp3) is 0.481. The fourth-order valence-electron chi connectivity index (χ4n) is 5.25. The number of nitrogens with one attached hydrogen (secondary N) is 1. The molecule has 0 aliphatic carbocycles. The molecule has 0 atom stereocenters. The average Bonchev–Trinajstić information content (AvgIpc) is 3.58. The Morgan fingerprint density at radius 2 is 1.89 bits per heavy atom. The summed E-state index contributed by atoms with van der Waals surface area (Å²) in [6, 6.07) is 7.82. The van der Waals surface area contributed by atoms with E-state index in [1.54, 1.807) is 6.20 Å². The van der Waals surface area contributed by atoms with E-state index in [1.165, 1.54) is 11.5 Å². The number of hydrogen-bond acceptors (Lipinski definition) is 7. The van der Waals surface area contributed by atoms with Crippen LogP contribution in [0.5, 0.6) is 5.75 Å².